The van der Waals surface area contributed by atoms with Gasteiger partial charge in [-0.05, 0) is 42.0 Å². The van der Waals surface area contributed by atoms with Crippen LogP contribution in [-0.2, 0) is 6.54 Å². The molecule has 6 nitrogen and oxygen atoms in total. The Balaban J connectivity index is 1.56. The molecule has 0 radical (unpaired) electrons. The average molecular weight is 312 g/mol. The highest BCUT2D eigenvalue weighted by molar-refractivity contribution is 6.01. The van der Waals surface area contributed by atoms with Crippen molar-refractivity contribution >= 4 is 17.5 Å². The van der Waals surface area contributed by atoms with Gasteiger partial charge in [0.25, 0.3) is 5.91 Å². The standard InChI is InChI=1S/C16H13FN4O2/c17-12-5-3-11(4-6-12)10-18-14-7-8-15(21-20-14)19-16(22)13-2-1-9-23-13/h1-9H,10H2,(H,18,20)(H,19,21,22). The fourth-order valence-electron chi connectivity index (χ4n) is 1.87. The number of halogens is 1. The number of benzene rings is 1. The first-order chi connectivity index (χ1) is 11.2. The topological polar surface area (TPSA) is 80.0 Å². The number of furan rings is 1. The number of nitrogens with zero attached hydrogens (tertiary/aromatic N) is 2. The number of anilines is 2. The molecule has 0 aliphatic rings. The van der Waals surface area contributed by atoms with Crippen LogP contribution in [0.5, 0.6) is 0 Å². The highest BCUT2D eigenvalue weighted by Crippen LogP contribution is 2.10. The van der Waals surface area contributed by atoms with Crippen LogP contribution in [-0.4, -0.2) is 16.1 Å². The zero-order valence-electron chi connectivity index (χ0n) is 12.0. The second-order valence-electron chi connectivity index (χ2n) is 4.72. The number of hydrogen-bond acceptors (Lipinski definition) is 5. The summed E-state index contributed by atoms with van der Waals surface area (Å²) in [5.41, 5.74) is 0.920. The number of amides is 1. The van der Waals surface area contributed by atoms with E-state index >= 15 is 0 Å². The fraction of sp³-hybridized carbons (Fsp3) is 0.0625. The van der Waals surface area contributed by atoms with Crippen molar-refractivity contribution in [1.82, 2.24) is 10.2 Å². The van der Waals surface area contributed by atoms with Gasteiger partial charge >= 0.3 is 0 Å². The van der Waals surface area contributed by atoms with Crippen molar-refractivity contribution in [3.63, 3.8) is 0 Å². The second-order valence-corrected chi connectivity index (χ2v) is 4.72. The normalized spacial score (nSPS) is 10.3. The summed E-state index contributed by atoms with van der Waals surface area (Å²) in [5.74, 6) is 0.399. The summed E-state index contributed by atoms with van der Waals surface area (Å²) >= 11 is 0. The Labute approximate surface area is 131 Å². The van der Waals surface area contributed by atoms with Gasteiger partial charge in [-0.1, -0.05) is 12.1 Å². The van der Waals surface area contributed by atoms with Gasteiger partial charge in [0, 0.05) is 6.54 Å². The SMILES string of the molecule is O=C(Nc1ccc(NCc2ccc(F)cc2)nn1)c1ccco1. The Bertz CT molecular complexity index is 771. The lowest BCUT2D eigenvalue weighted by Crippen LogP contribution is -2.13. The Kier molecular flexibility index (Phi) is 4.28. The molecule has 7 heteroatoms. The molecule has 0 saturated heterocycles. The summed E-state index contributed by atoms with van der Waals surface area (Å²) in [7, 11) is 0. The van der Waals surface area contributed by atoms with Crippen molar-refractivity contribution in [2.24, 2.45) is 0 Å². The van der Waals surface area contributed by atoms with Crippen molar-refractivity contribution < 1.29 is 13.6 Å². The van der Waals surface area contributed by atoms with E-state index in [-0.39, 0.29) is 11.6 Å². The molecule has 2 aromatic heterocycles. The fourth-order valence-corrected chi connectivity index (χ4v) is 1.87. The van der Waals surface area contributed by atoms with Gasteiger partial charge in [0.2, 0.25) is 0 Å². The highest BCUT2D eigenvalue weighted by Gasteiger charge is 2.09. The molecule has 0 saturated carbocycles. The van der Waals surface area contributed by atoms with Gasteiger partial charge in [-0.25, -0.2) is 4.39 Å². The molecule has 3 aromatic rings. The van der Waals surface area contributed by atoms with E-state index in [2.05, 4.69) is 20.8 Å². The van der Waals surface area contributed by atoms with E-state index < -0.39 is 5.91 Å². The predicted octanol–water partition coefficient (Wildman–Crippen LogP) is 3.07. The van der Waals surface area contributed by atoms with Crippen molar-refractivity contribution in [2.75, 3.05) is 10.6 Å². The van der Waals surface area contributed by atoms with Crippen molar-refractivity contribution in [3.8, 4) is 0 Å². The second kappa shape index (κ2) is 6.69. The number of aromatic nitrogens is 2. The summed E-state index contributed by atoms with van der Waals surface area (Å²) in [6.07, 6.45) is 1.42. The molecule has 0 fully saturated rings. The van der Waals surface area contributed by atoms with E-state index in [9.17, 15) is 9.18 Å². The van der Waals surface area contributed by atoms with Gasteiger partial charge in [0.05, 0.1) is 6.26 Å². The average Bonchev–Trinajstić information content (AvgIpc) is 3.10. The molecule has 0 spiro atoms. The van der Waals surface area contributed by atoms with Crippen LogP contribution in [0.15, 0.2) is 59.2 Å². The molecule has 2 N–H and O–H groups in total. The molecule has 0 unspecified atom stereocenters. The molecule has 1 amide bonds. The Morgan fingerprint density at radius 2 is 1.78 bits per heavy atom. The minimum atomic E-state index is -0.392. The lowest BCUT2D eigenvalue weighted by Gasteiger charge is -2.06. The molecule has 0 atom stereocenters. The minimum absolute atomic E-state index is 0.199. The summed E-state index contributed by atoms with van der Waals surface area (Å²) in [5, 5.41) is 13.5. The number of carbonyl (C=O) groups excluding carboxylic acids is 1. The maximum atomic E-state index is 12.8. The van der Waals surface area contributed by atoms with E-state index in [1.165, 1.54) is 18.4 Å². The van der Waals surface area contributed by atoms with Crippen LogP contribution < -0.4 is 10.6 Å². The van der Waals surface area contributed by atoms with Crippen molar-refractivity contribution in [3.05, 3.63) is 71.9 Å². The molecule has 3 rings (SSSR count). The quantitative estimate of drug-likeness (QED) is 0.757. The lowest BCUT2D eigenvalue weighted by atomic mass is 10.2. The van der Waals surface area contributed by atoms with E-state index in [0.717, 1.165) is 5.56 Å². The number of nitrogens with one attached hydrogen (secondary N) is 2. The molecule has 0 aliphatic heterocycles. The van der Waals surface area contributed by atoms with Crippen LogP contribution in [0.2, 0.25) is 0 Å². The highest BCUT2D eigenvalue weighted by atomic mass is 19.1. The lowest BCUT2D eigenvalue weighted by molar-refractivity contribution is 0.0996. The van der Waals surface area contributed by atoms with Crippen LogP contribution in [0.1, 0.15) is 16.1 Å². The van der Waals surface area contributed by atoms with Gasteiger partial charge in [-0.3, -0.25) is 4.79 Å². The summed E-state index contributed by atoms with van der Waals surface area (Å²) < 4.78 is 17.8. The van der Waals surface area contributed by atoms with Crippen LogP contribution >= 0.6 is 0 Å². The molecule has 2 heterocycles. The van der Waals surface area contributed by atoms with Crippen LogP contribution in [0.4, 0.5) is 16.0 Å². The first-order valence-electron chi connectivity index (χ1n) is 6.87. The third kappa shape index (κ3) is 3.91. The van der Waals surface area contributed by atoms with E-state index in [1.807, 2.05) is 0 Å². The molecule has 23 heavy (non-hydrogen) atoms. The van der Waals surface area contributed by atoms with E-state index in [4.69, 9.17) is 4.42 Å². The van der Waals surface area contributed by atoms with Crippen molar-refractivity contribution in [2.45, 2.75) is 6.54 Å². The number of hydrogen-bond donors (Lipinski definition) is 2. The van der Waals surface area contributed by atoms with Gasteiger partial charge < -0.3 is 15.1 Å². The molecule has 0 bridgehead atoms. The molecule has 0 aliphatic carbocycles. The third-order valence-electron chi connectivity index (χ3n) is 3.04. The van der Waals surface area contributed by atoms with Crippen LogP contribution in [0.3, 0.4) is 0 Å². The zero-order chi connectivity index (χ0) is 16.1. The van der Waals surface area contributed by atoms with Gasteiger partial charge in [-0.15, -0.1) is 10.2 Å². The zero-order valence-corrected chi connectivity index (χ0v) is 12.0. The Hall–Kier alpha value is -3.22. The van der Waals surface area contributed by atoms with E-state index in [0.29, 0.717) is 18.2 Å². The molecule has 116 valence electrons. The molecule has 1 aromatic carbocycles. The maximum Gasteiger partial charge on any atom is 0.292 e. The minimum Gasteiger partial charge on any atom is -0.459 e. The molecular weight excluding hydrogens is 299 g/mol. The smallest absolute Gasteiger partial charge is 0.292 e. The third-order valence-corrected chi connectivity index (χ3v) is 3.04. The van der Waals surface area contributed by atoms with Crippen molar-refractivity contribution in [1.29, 1.82) is 0 Å². The Morgan fingerprint density at radius 1 is 1.04 bits per heavy atom. The summed E-state index contributed by atoms with van der Waals surface area (Å²) in [4.78, 5) is 11.8. The van der Waals surface area contributed by atoms with Gasteiger partial charge in [0.15, 0.2) is 11.6 Å². The largest absolute Gasteiger partial charge is 0.459 e. The monoisotopic (exact) mass is 312 g/mol. The predicted molar refractivity (Wildman–Crippen MR) is 82.4 cm³/mol. The number of rotatable bonds is 5. The first kappa shape index (κ1) is 14.7. The van der Waals surface area contributed by atoms with E-state index in [1.54, 1.807) is 36.4 Å². The Morgan fingerprint density at radius 3 is 2.43 bits per heavy atom. The van der Waals surface area contributed by atoms with Gasteiger partial charge in [-0.2, -0.15) is 0 Å². The maximum absolute atomic E-state index is 12.8. The number of carbonyl (C=O) groups is 1. The van der Waals surface area contributed by atoms with Crippen LogP contribution in [0.25, 0.3) is 0 Å². The summed E-state index contributed by atoms with van der Waals surface area (Å²) in [6.45, 7) is 0.493. The summed E-state index contributed by atoms with van der Waals surface area (Å²) in [6, 6.07) is 12.7. The van der Waals surface area contributed by atoms with Gasteiger partial charge in [0.1, 0.15) is 11.6 Å². The first-order valence-corrected chi connectivity index (χ1v) is 6.87. The van der Waals surface area contributed by atoms with Crippen LogP contribution in [0, 0.1) is 5.82 Å². The molecular formula is C16H13FN4O2.